The molecule has 1 aliphatic carbocycles. The van der Waals surface area contributed by atoms with Crippen LogP contribution in [0.4, 0.5) is 0 Å². The molecule has 0 aliphatic heterocycles. The average molecular weight is 184 g/mol. The number of aliphatic hydroxyl groups excluding tert-OH is 1. The van der Waals surface area contributed by atoms with Crippen LogP contribution in [0.1, 0.15) is 32.6 Å². The van der Waals surface area contributed by atoms with Gasteiger partial charge in [0.15, 0.2) is 0 Å². The van der Waals surface area contributed by atoms with E-state index in [1.165, 1.54) is 25.3 Å². The number of aliphatic hydroxyl groups is 1. The Balaban J connectivity index is 2.25. The van der Waals surface area contributed by atoms with Crippen LogP contribution < -0.4 is 0 Å². The van der Waals surface area contributed by atoms with Crippen molar-refractivity contribution in [2.24, 2.45) is 0 Å². The van der Waals surface area contributed by atoms with Gasteiger partial charge in [-0.15, -0.1) is 0 Å². The van der Waals surface area contributed by atoms with Crippen molar-refractivity contribution in [3.8, 4) is 0 Å². The molecule has 0 fully saturated rings. The minimum absolute atomic E-state index is 0.351. The number of esters is 1. The van der Waals surface area contributed by atoms with Crippen LogP contribution in [-0.4, -0.2) is 23.8 Å². The summed E-state index contributed by atoms with van der Waals surface area (Å²) >= 11 is 0. The van der Waals surface area contributed by atoms with Crippen LogP contribution in [0, 0.1) is 0 Å². The van der Waals surface area contributed by atoms with Gasteiger partial charge >= 0.3 is 5.97 Å². The fourth-order valence-electron chi connectivity index (χ4n) is 1.32. The molecule has 0 aromatic carbocycles. The molecule has 3 nitrogen and oxygen atoms in total. The van der Waals surface area contributed by atoms with Gasteiger partial charge in [-0.25, -0.2) is 4.79 Å². The molecule has 74 valence electrons. The van der Waals surface area contributed by atoms with Gasteiger partial charge in [0.2, 0.25) is 0 Å². The molecule has 0 aromatic heterocycles. The van der Waals surface area contributed by atoms with E-state index < -0.39 is 12.1 Å². The molecule has 0 spiro atoms. The summed E-state index contributed by atoms with van der Waals surface area (Å²) in [4.78, 5) is 10.9. The molecule has 0 saturated carbocycles. The lowest BCUT2D eigenvalue weighted by molar-refractivity contribution is -0.151. The molecule has 1 unspecified atom stereocenters. The van der Waals surface area contributed by atoms with Crippen molar-refractivity contribution in [1.29, 1.82) is 0 Å². The minimum Gasteiger partial charge on any atom is -0.459 e. The number of carbonyl (C=O) groups is 1. The highest BCUT2D eigenvalue weighted by atomic mass is 16.5. The Hall–Kier alpha value is -0.830. The second kappa shape index (κ2) is 5.02. The molecule has 1 atom stereocenters. The zero-order valence-corrected chi connectivity index (χ0v) is 7.95. The maximum atomic E-state index is 10.9. The highest BCUT2D eigenvalue weighted by Crippen LogP contribution is 2.17. The van der Waals surface area contributed by atoms with Gasteiger partial charge in [-0.05, 0) is 38.2 Å². The Morgan fingerprint density at radius 2 is 2.46 bits per heavy atom. The van der Waals surface area contributed by atoms with Gasteiger partial charge < -0.3 is 9.84 Å². The summed E-state index contributed by atoms with van der Waals surface area (Å²) in [5, 5.41) is 8.86. The highest BCUT2D eigenvalue weighted by Gasteiger charge is 2.11. The number of hydrogen-bond donors (Lipinski definition) is 1. The van der Waals surface area contributed by atoms with Crippen molar-refractivity contribution in [2.75, 3.05) is 6.61 Å². The van der Waals surface area contributed by atoms with Crippen LogP contribution in [0.2, 0.25) is 0 Å². The van der Waals surface area contributed by atoms with E-state index in [4.69, 9.17) is 9.84 Å². The fraction of sp³-hybridized carbons (Fsp3) is 0.700. The molecule has 13 heavy (non-hydrogen) atoms. The van der Waals surface area contributed by atoms with Crippen LogP contribution in [0.3, 0.4) is 0 Å². The molecule has 3 heteroatoms. The third kappa shape index (κ3) is 3.59. The first-order valence-corrected chi connectivity index (χ1v) is 4.73. The van der Waals surface area contributed by atoms with Crippen molar-refractivity contribution in [1.82, 2.24) is 0 Å². The van der Waals surface area contributed by atoms with Gasteiger partial charge in [0.1, 0.15) is 12.7 Å². The number of ether oxygens (including phenoxy) is 1. The Morgan fingerprint density at radius 1 is 1.69 bits per heavy atom. The highest BCUT2D eigenvalue weighted by molar-refractivity contribution is 5.73. The molecular formula is C10H16O3. The van der Waals surface area contributed by atoms with E-state index in [1.54, 1.807) is 0 Å². The van der Waals surface area contributed by atoms with Gasteiger partial charge in [-0.3, -0.25) is 0 Å². The lowest BCUT2D eigenvalue weighted by atomic mass is 10.0. The van der Waals surface area contributed by atoms with Gasteiger partial charge in [-0.2, -0.15) is 0 Å². The lowest BCUT2D eigenvalue weighted by Crippen LogP contribution is -2.20. The summed E-state index contributed by atoms with van der Waals surface area (Å²) in [6.07, 6.45) is 5.63. The standard InChI is InChI=1S/C10H16O3/c1-8(11)10(12)13-7-9-5-3-2-4-6-9/h5,8,11H,2-4,6-7H2,1H3. The zero-order chi connectivity index (χ0) is 9.68. The van der Waals surface area contributed by atoms with E-state index in [0.29, 0.717) is 6.61 Å². The molecule has 0 bridgehead atoms. The summed E-state index contributed by atoms with van der Waals surface area (Å²) in [5.41, 5.74) is 1.18. The molecule has 0 heterocycles. The van der Waals surface area contributed by atoms with Gasteiger partial charge in [0, 0.05) is 0 Å². The Labute approximate surface area is 78.4 Å². The Bertz CT molecular complexity index is 206. The maximum Gasteiger partial charge on any atom is 0.334 e. The third-order valence-electron chi connectivity index (χ3n) is 2.13. The van der Waals surface area contributed by atoms with Crippen LogP contribution >= 0.6 is 0 Å². The molecule has 0 saturated heterocycles. The van der Waals surface area contributed by atoms with E-state index >= 15 is 0 Å². The molecule has 0 radical (unpaired) electrons. The van der Waals surface area contributed by atoms with Crippen LogP contribution in [0.5, 0.6) is 0 Å². The van der Waals surface area contributed by atoms with Crippen molar-refractivity contribution in [2.45, 2.75) is 38.7 Å². The topological polar surface area (TPSA) is 46.5 Å². The Kier molecular flexibility index (Phi) is 3.96. The second-order valence-corrected chi connectivity index (χ2v) is 3.39. The maximum absolute atomic E-state index is 10.9. The van der Waals surface area contributed by atoms with Gasteiger partial charge in [0.25, 0.3) is 0 Å². The molecule has 0 amide bonds. The SMILES string of the molecule is CC(O)C(=O)OCC1=CCCCC1. The quantitative estimate of drug-likeness (QED) is 0.533. The minimum atomic E-state index is -1.01. The average Bonchev–Trinajstić information content (AvgIpc) is 2.15. The van der Waals surface area contributed by atoms with Crippen LogP contribution in [-0.2, 0) is 9.53 Å². The first-order valence-electron chi connectivity index (χ1n) is 4.73. The lowest BCUT2D eigenvalue weighted by Gasteiger charge is -2.13. The predicted molar refractivity (Wildman–Crippen MR) is 49.2 cm³/mol. The zero-order valence-electron chi connectivity index (χ0n) is 7.95. The third-order valence-corrected chi connectivity index (χ3v) is 2.13. The monoisotopic (exact) mass is 184 g/mol. The second-order valence-electron chi connectivity index (χ2n) is 3.39. The smallest absolute Gasteiger partial charge is 0.334 e. The first-order chi connectivity index (χ1) is 6.20. The summed E-state index contributed by atoms with van der Waals surface area (Å²) in [5.74, 6) is -0.536. The van der Waals surface area contributed by atoms with E-state index in [2.05, 4.69) is 6.08 Å². The Morgan fingerprint density at radius 3 is 3.00 bits per heavy atom. The molecule has 1 rings (SSSR count). The van der Waals surface area contributed by atoms with Crippen molar-refractivity contribution in [3.05, 3.63) is 11.6 Å². The normalized spacial score (nSPS) is 19.1. The molecular weight excluding hydrogens is 168 g/mol. The largest absolute Gasteiger partial charge is 0.459 e. The van der Waals surface area contributed by atoms with Gasteiger partial charge in [-0.1, -0.05) is 6.08 Å². The first kappa shape index (κ1) is 10.3. The van der Waals surface area contributed by atoms with Crippen molar-refractivity contribution < 1.29 is 14.6 Å². The van der Waals surface area contributed by atoms with Crippen LogP contribution in [0.15, 0.2) is 11.6 Å². The summed E-state index contributed by atoms with van der Waals surface area (Å²) < 4.78 is 4.89. The number of rotatable bonds is 3. The van der Waals surface area contributed by atoms with E-state index in [9.17, 15) is 4.79 Å². The predicted octanol–water partition coefficient (Wildman–Crippen LogP) is 1.41. The van der Waals surface area contributed by atoms with Crippen LogP contribution in [0.25, 0.3) is 0 Å². The number of carbonyl (C=O) groups excluding carboxylic acids is 1. The fourth-order valence-corrected chi connectivity index (χ4v) is 1.32. The van der Waals surface area contributed by atoms with Gasteiger partial charge in [0.05, 0.1) is 0 Å². The number of allylic oxidation sites excluding steroid dienone is 1. The van der Waals surface area contributed by atoms with Crippen molar-refractivity contribution >= 4 is 5.97 Å². The van der Waals surface area contributed by atoms with Crippen molar-refractivity contribution in [3.63, 3.8) is 0 Å². The number of hydrogen-bond acceptors (Lipinski definition) is 3. The molecule has 1 N–H and O–H groups in total. The summed E-state index contributed by atoms with van der Waals surface area (Å²) in [7, 11) is 0. The summed E-state index contributed by atoms with van der Waals surface area (Å²) in [6.45, 7) is 1.77. The molecule has 1 aliphatic rings. The molecule has 0 aromatic rings. The summed E-state index contributed by atoms with van der Waals surface area (Å²) in [6, 6.07) is 0. The van der Waals surface area contributed by atoms with E-state index in [1.807, 2.05) is 0 Å². The van der Waals surface area contributed by atoms with E-state index in [-0.39, 0.29) is 0 Å². The van der Waals surface area contributed by atoms with E-state index in [0.717, 1.165) is 12.8 Å².